The second kappa shape index (κ2) is 9.58. The smallest absolute Gasteiger partial charge is 0.311 e. The van der Waals surface area contributed by atoms with Crippen molar-refractivity contribution >= 4 is 11.9 Å². The molecule has 0 aromatic heterocycles. The van der Waals surface area contributed by atoms with Crippen molar-refractivity contribution in [3.63, 3.8) is 0 Å². The van der Waals surface area contributed by atoms with Gasteiger partial charge in [-0.2, -0.15) is 0 Å². The Morgan fingerprint density at radius 1 is 1.11 bits per heavy atom. The Morgan fingerprint density at radius 3 is 2.32 bits per heavy atom. The Balaban J connectivity index is 2.11. The number of aryl methyl sites for hydroxylation is 1. The zero-order chi connectivity index (χ0) is 20.8. The number of hydrogen-bond acceptors (Lipinski definition) is 4. The first-order valence-corrected chi connectivity index (χ1v) is 10.7. The molecule has 1 aromatic rings. The summed E-state index contributed by atoms with van der Waals surface area (Å²) in [6.07, 6.45) is 5.94. The van der Waals surface area contributed by atoms with Crippen LogP contribution < -0.4 is 0 Å². The van der Waals surface area contributed by atoms with E-state index in [0.717, 1.165) is 36.8 Å². The summed E-state index contributed by atoms with van der Waals surface area (Å²) >= 11 is 0. The summed E-state index contributed by atoms with van der Waals surface area (Å²) in [5.41, 5.74) is 1.18. The number of carbonyl (C=O) groups is 2. The van der Waals surface area contributed by atoms with Crippen LogP contribution in [0.5, 0.6) is 0 Å². The lowest BCUT2D eigenvalue weighted by Gasteiger charge is -2.38. The molecular formula is C24H36O4. The summed E-state index contributed by atoms with van der Waals surface area (Å²) in [5, 5.41) is 0. The topological polar surface area (TPSA) is 52.6 Å². The van der Waals surface area contributed by atoms with E-state index < -0.39 is 17.1 Å². The molecule has 0 aliphatic heterocycles. The van der Waals surface area contributed by atoms with Gasteiger partial charge in [0.2, 0.25) is 0 Å². The van der Waals surface area contributed by atoms with Gasteiger partial charge in [0, 0.05) is 0 Å². The second-order valence-corrected chi connectivity index (χ2v) is 8.72. The molecule has 0 bridgehead atoms. The van der Waals surface area contributed by atoms with E-state index in [1.807, 2.05) is 39.8 Å². The largest absolute Gasteiger partial charge is 0.461 e. The molecule has 4 heteroatoms. The van der Waals surface area contributed by atoms with E-state index in [2.05, 4.69) is 19.1 Å². The lowest BCUT2D eigenvalue weighted by molar-refractivity contribution is -0.172. The molecule has 0 N–H and O–H groups in total. The number of ether oxygens (including phenoxy) is 2. The molecule has 0 spiro atoms. The van der Waals surface area contributed by atoms with E-state index in [4.69, 9.17) is 9.47 Å². The fourth-order valence-electron chi connectivity index (χ4n) is 3.80. The SMILES string of the molecule is CCC(CC(=O)OC1(c2ccccc2C)CCCCC1)OC(=O)C(C)(C)CC. The van der Waals surface area contributed by atoms with Gasteiger partial charge in [0.25, 0.3) is 0 Å². The minimum Gasteiger partial charge on any atom is -0.461 e. The molecule has 156 valence electrons. The number of carbonyl (C=O) groups excluding carboxylic acids is 2. The first-order chi connectivity index (χ1) is 13.2. The third-order valence-corrected chi connectivity index (χ3v) is 6.17. The van der Waals surface area contributed by atoms with Crippen molar-refractivity contribution in [2.45, 2.75) is 97.7 Å². The van der Waals surface area contributed by atoms with E-state index in [1.165, 1.54) is 6.42 Å². The van der Waals surface area contributed by atoms with E-state index in [-0.39, 0.29) is 18.4 Å². The number of benzene rings is 1. The molecule has 0 amide bonds. The van der Waals surface area contributed by atoms with Gasteiger partial charge in [0.15, 0.2) is 0 Å². The van der Waals surface area contributed by atoms with Gasteiger partial charge in [0.1, 0.15) is 11.7 Å². The van der Waals surface area contributed by atoms with Crippen LogP contribution in [0.15, 0.2) is 24.3 Å². The van der Waals surface area contributed by atoms with Crippen LogP contribution in [0, 0.1) is 12.3 Å². The van der Waals surface area contributed by atoms with Crippen LogP contribution in [0.25, 0.3) is 0 Å². The van der Waals surface area contributed by atoms with Crippen molar-refractivity contribution in [3.8, 4) is 0 Å². The van der Waals surface area contributed by atoms with E-state index in [9.17, 15) is 9.59 Å². The van der Waals surface area contributed by atoms with E-state index in [0.29, 0.717) is 12.8 Å². The molecule has 1 aromatic carbocycles. The molecule has 1 saturated carbocycles. The predicted octanol–water partition coefficient (Wildman–Crippen LogP) is 5.85. The van der Waals surface area contributed by atoms with Crippen molar-refractivity contribution in [2.75, 3.05) is 0 Å². The van der Waals surface area contributed by atoms with Gasteiger partial charge >= 0.3 is 11.9 Å². The van der Waals surface area contributed by atoms with Gasteiger partial charge in [0.05, 0.1) is 11.8 Å². The standard InChI is InChI=1S/C24H36O4/c1-6-19(27-22(26)23(4,5)7-2)17-21(25)28-24(15-11-8-12-16-24)20-14-10-9-13-18(20)3/h9-10,13-14,19H,6-8,11-12,15-17H2,1-5H3. The maximum absolute atomic E-state index is 12.9. The minimum atomic E-state index is -0.550. The van der Waals surface area contributed by atoms with Gasteiger partial charge < -0.3 is 9.47 Å². The van der Waals surface area contributed by atoms with Crippen LogP contribution >= 0.6 is 0 Å². The van der Waals surface area contributed by atoms with Gasteiger partial charge in [-0.05, 0) is 70.4 Å². The van der Waals surface area contributed by atoms with Crippen molar-refractivity contribution in [2.24, 2.45) is 5.41 Å². The Kier molecular flexibility index (Phi) is 7.68. The first kappa shape index (κ1) is 22.4. The van der Waals surface area contributed by atoms with Gasteiger partial charge in [-0.3, -0.25) is 9.59 Å². The molecule has 28 heavy (non-hydrogen) atoms. The monoisotopic (exact) mass is 388 g/mol. The molecule has 4 nitrogen and oxygen atoms in total. The minimum absolute atomic E-state index is 0.107. The number of rotatable bonds is 8. The summed E-state index contributed by atoms with van der Waals surface area (Å²) in [4.78, 5) is 25.2. The Labute approximate surface area is 170 Å². The molecule has 1 fully saturated rings. The Morgan fingerprint density at radius 2 is 1.75 bits per heavy atom. The van der Waals surface area contributed by atoms with Gasteiger partial charge in [-0.1, -0.05) is 44.5 Å². The molecule has 0 radical (unpaired) electrons. The van der Waals surface area contributed by atoms with Crippen LogP contribution in [0.3, 0.4) is 0 Å². The molecule has 1 aliphatic rings. The van der Waals surface area contributed by atoms with Crippen molar-refractivity contribution in [1.29, 1.82) is 0 Å². The maximum Gasteiger partial charge on any atom is 0.311 e. The molecule has 1 atom stereocenters. The van der Waals surface area contributed by atoms with Crippen LogP contribution in [-0.4, -0.2) is 18.0 Å². The lowest BCUT2D eigenvalue weighted by Crippen LogP contribution is -2.37. The zero-order valence-electron chi connectivity index (χ0n) is 18.2. The van der Waals surface area contributed by atoms with Gasteiger partial charge in [-0.15, -0.1) is 0 Å². The Hall–Kier alpha value is -1.84. The fourth-order valence-corrected chi connectivity index (χ4v) is 3.80. The average Bonchev–Trinajstić information content (AvgIpc) is 2.68. The van der Waals surface area contributed by atoms with E-state index >= 15 is 0 Å². The third kappa shape index (κ3) is 5.36. The quantitative estimate of drug-likeness (QED) is 0.525. The maximum atomic E-state index is 12.9. The molecular weight excluding hydrogens is 352 g/mol. The van der Waals surface area contributed by atoms with E-state index in [1.54, 1.807) is 0 Å². The summed E-state index contributed by atoms with van der Waals surface area (Å²) in [6.45, 7) is 9.71. The first-order valence-electron chi connectivity index (χ1n) is 10.7. The second-order valence-electron chi connectivity index (χ2n) is 8.72. The summed E-state index contributed by atoms with van der Waals surface area (Å²) in [5.74, 6) is -0.528. The van der Waals surface area contributed by atoms with Crippen LogP contribution in [0.2, 0.25) is 0 Å². The molecule has 1 aliphatic carbocycles. The summed E-state index contributed by atoms with van der Waals surface area (Å²) in [7, 11) is 0. The summed E-state index contributed by atoms with van der Waals surface area (Å²) < 4.78 is 11.8. The lowest BCUT2D eigenvalue weighted by atomic mass is 9.78. The van der Waals surface area contributed by atoms with Gasteiger partial charge in [-0.25, -0.2) is 0 Å². The number of hydrogen-bond donors (Lipinski definition) is 0. The van der Waals surface area contributed by atoms with Crippen molar-refractivity contribution < 1.29 is 19.1 Å². The van der Waals surface area contributed by atoms with Crippen molar-refractivity contribution in [3.05, 3.63) is 35.4 Å². The normalized spacial score (nSPS) is 17.6. The molecule has 1 unspecified atom stereocenters. The zero-order valence-corrected chi connectivity index (χ0v) is 18.2. The van der Waals surface area contributed by atoms with Crippen LogP contribution in [-0.2, 0) is 24.7 Å². The predicted molar refractivity (Wildman–Crippen MR) is 111 cm³/mol. The summed E-state index contributed by atoms with van der Waals surface area (Å²) in [6, 6.07) is 8.17. The highest BCUT2D eigenvalue weighted by Gasteiger charge is 2.39. The van der Waals surface area contributed by atoms with Crippen LogP contribution in [0.1, 0.15) is 90.2 Å². The number of esters is 2. The highest BCUT2D eigenvalue weighted by atomic mass is 16.6. The van der Waals surface area contributed by atoms with Crippen LogP contribution in [0.4, 0.5) is 0 Å². The molecule has 0 heterocycles. The Bertz CT molecular complexity index is 671. The van der Waals surface area contributed by atoms with Crippen molar-refractivity contribution in [1.82, 2.24) is 0 Å². The average molecular weight is 389 g/mol. The molecule has 0 saturated heterocycles. The molecule has 2 rings (SSSR count). The third-order valence-electron chi connectivity index (χ3n) is 6.17. The highest BCUT2D eigenvalue weighted by molar-refractivity contribution is 5.77. The highest BCUT2D eigenvalue weighted by Crippen LogP contribution is 2.42. The fraction of sp³-hybridized carbons (Fsp3) is 0.667.